The summed E-state index contributed by atoms with van der Waals surface area (Å²) in [6, 6.07) is 10.1. The molecule has 3 nitrogen and oxygen atoms in total. The molecule has 0 N–H and O–H groups in total. The lowest BCUT2D eigenvalue weighted by atomic mass is 10.2. The van der Waals surface area contributed by atoms with Crippen LogP contribution in [0, 0.1) is 11.8 Å². The molecular weight excluding hydrogens is 226 g/mol. The second-order valence-electron chi connectivity index (χ2n) is 5.17. The van der Waals surface area contributed by atoms with E-state index in [0.717, 1.165) is 12.5 Å². The van der Waals surface area contributed by atoms with E-state index in [4.69, 9.17) is 4.74 Å². The molecule has 1 aliphatic rings. The van der Waals surface area contributed by atoms with E-state index >= 15 is 0 Å². The summed E-state index contributed by atoms with van der Waals surface area (Å²) < 4.78 is 4.96. The minimum Gasteiger partial charge on any atom is -0.375 e. The van der Waals surface area contributed by atoms with Crippen LogP contribution in [0.15, 0.2) is 30.3 Å². The molecule has 1 aromatic rings. The fourth-order valence-corrected chi connectivity index (χ4v) is 2.21. The lowest BCUT2D eigenvalue weighted by Crippen LogP contribution is -2.35. The number of rotatable bonds is 6. The van der Waals surface area contributed by atoms with Crippen molar-refractivity contribution in [1.29, 1.82) is 0 Å². The van der Waals surface area contributed by atoms with Gasteiger partial charge in [-0.2, -0.15) is 0 Å². The third kappa shape index (κ3) is 3.57. The van der Waals surface area contributed by atoms with Crippen LogP contribution < -0.4 is 0 Å². The molecule has 0 aliphatic heterocycles. The van der Waals surface area contributed by atoms with Gasteiger partial charge in [0, 0.05) is 20.2 Å². The Balaban J connectivity index is 1.97. The molecule has 0 spiro atoms. The molecule has 1 amide bonds. The highest BCUT2D eigenvalue weighted by Gasteiger charge is 2.35. The van der Waals surface area contributed by atoms with E-state index in [1.807, 2.05) is 23.1 Å². The van der Waals surface area contributed by atoms with Gasteiger partial charge in [-0.05, 0) is 23.8 Å². The zero-order valence-electron chi connectivity index (χ0n) is 11.1. The molecule has 1 aliphatic carbocycles. The van der Waals surface area contributed by atoms with E-state index in [9.17, 15) is 4.79 Å². The maximum atomic E-state index is 12.0. The van der Waals surface area contributed by atoms with Crippen molar-refractivity contribution in [2.75, 3.05) is 20.3 Å². The van der Waals surface area contributed by atoms with Gasteiger partial charge in [0.2, 0.25) is 5.91 Å². The van der Waals surface area contributed by atoms with Crippen LogP contribution in [0.25, 0.3) is 0 Å². The SMILES string of the molecule is COCC(=O)N(Cc1ccccc1)CC1CC1C. The van der Waals surface area contributed by atoms with Crippen LogP contribution in [0.5, 0.6) is 0 Å². The molecule has 1 saturated carbocycles. The van der Waals surface area contributed by atoms with Crippen molar-refractivity contribution < 1.29 is 9.53 Å². The van der Waals surface area contributed by atoms with Crippen LogP contribution in [-0.4, -0.2) is 31.1 Å². The molecule has 0 heterocycles. The van der Waals surface area contributed by atoms with Crippen LogP contribution in [0.2, 0.25) is 0 Å². The van der Waals surface area contributed by atoms with E-state index in [1.54, 1.807) is 7.11 Å². The summed E-state index contributed by atoms with van der Waals surface area (Å²) in [5, 5.41) is 0. The van der Waals surface area contributed by atoms with Gasteiger partial charge < -0.3 is 9.64 Å². The Labute approximate surface area is 109 Å². The number of amides is 1. The standard InChI is InChI=1S/C15H21NO2/c1-12-8-14(12)10-16(15(17)11-18-2)9-13-6-4-3-5-7-13/h3-7,12,14H,8-11H2,1-2H3. The highest BCUT2D eigenvalue weighted by Crippen LogP contribution is 2.38. The van der Waals surface area contributed by atoms with E-state index < -0.39 is 0 Å². The van der Waals surface area contributed by atoms with Crippen molar-refractivity contribution in [2.45, 2.75) is 19.9 Å². The molecule has 2 atom stereocenters. The Kier molecular flexibility index (Phi) is 4.37. The number of carbonyl (C=O) groups is 1. The van der Waals surface area contributed by atoms with E-state index in [2.05, 4.69) is 19.1 Å². The minimum absolute atomic E-state index is 0.0838. The fourth-order valence-electron chi connectivity index (χ4n) is 2.21. The first-order valence-electron chi connectivity index (χ1n) is 6.51. The third-order valence-electron chi connectivity index (χ3n) is 3.57. The first-order chi connectivity index (χ1) is 8.70. The molecule has 1 aromatic carbocycles. The number of methoxy groups -OCH3 is 1. The lowest BCUT2D eigenvalue weighted by molar-refractivity contribution is -0.136. The summed E-state index contributed by atoms with van der Waals surface area (Å²) in [7, 11) is 1.57. The predicted octanol–water partition coefficient (Wildman–Crippen LogP) is 2.32. The number of nitrogens with zero attached hydrogens (tertiary/aromatic N) is 1. The molecule has 0 bridgehead atoms. The maximum absolute atomic E-state index is 12.0. The van der Waals surface area contributed by atoms with Crippen LogP contribution in [0.1, 0.15) is 18.9 Å². The average Bonchev–Trinajstić information content (AvgIpc) is 3.06. The Bertz CT molecular complexity index is 391. The van der Waals surface area contributed by atoms with Gasteiger partial charge in [0.05, 0.1) is 0 Å². The first-order valence-corrected chi connectivity index (χ1v) is 6.51. The molecule has 0 radical (unpaired) electrons. The molecule has 0 aromatic heterocycles. The zero-order chi connectivity index (χ0) is 13.0. The summed E-state index contributed by atoms with van der Waals surface area (Å²) in [5.41, 5.74) is 1.18. The quantitative estimate of drug-likeness (QED) is 0.772. The highest BCUT2D eigenvalue weighted by atomic mass is 16.5. The van der Waals surface area contributed by atoms with E-state index in [1.165, 1.54) is 12.0 Å². The Morgan fingerprint density at radius 1 is 1.39 bits per heavy atom. The number of benzene rings is 1. The lowest BCUT2D eigenvalue weighted by Gasteiger charge is -2.22. The Morgan fingerprint density at radius 2 is 2.06 bits per heavy atom. The summed E-state index contributed by atoms with van der Waals surface area (Å²) in [6.45, 7) is 3.96. The van der Waals surface area contributed by atoms with Gasteiger partial charge in [0.15, 0.2) is 0 Å². The van der Waals surface area contributed by atoms with Crippen molar-refractivity contribution in [3.05, 3.63) is 35.9 Å². The maximum Gasteiger partial charge on any atom is 0.248 e. The number of hydrogen-bond acceptors (Lipinski definition) is 2. The highest BCUT2D eigenvalue weighted by molar-refractivity contribution is 5.77. The van der Waals surface area contributed by atoms with Crippen LogP contribution in [-0.2, 0) is 16.1 Å². The molecule has 2 rings (SSSR count). The molecule has 0 saturated heterocycles. The summed E-state index contributed by atoms with van der Waals surface area (Å²) in [4.78, 5) is 13.9. The third-order valence-corrected chi connectivity index (χ3v) is 3.57. The zero-order valence-corrected chi connectivity index (χ0v) is 11.1. The van der Waals surface area contributed by atoms with Crippen molar-refractivity contribution in [3.63, 3.8) is 0 Å². The van der Waals surface area contributed by atoms with E-state index in [0.29, 0.717) is 12.5 Å². The minimum atomic E-state index is 0.0838. The van der Waals surface area contributed by atoms with Crippen molar-refractivity contribution >= 4 is 5.91 Å². The molecule has 98 valence electrons. The average molecular weight is 247 g/mol. The van der Waals surface area contributed by atoms with Gasteiger partial charge in [-0.15, -0.1) is 0 Å². The largest absolute Gasteiger partial charge is 0.375 e. The van der Waals surface area contributed by atoms with Crippen molar-refractivity contribution in [1.82, 2.24) is 4.90 Å². The molecule has 18 heavy (non-hydrogen) atoms. The van der Waals surface area contributed by atoms with Gasteiger partial charge in [-0.25, -0.2) is 0 Å². The number of carbonyl (C=O) groups excluding carboxylic acids is 1. The monoisotopic (exact) mass is 247 g/mol. The van der Waals surface area contributed by atoms with Gasteiger partial charge in [0.1, 0.15) is 6.61 Å². The molecule has 3 heteroatoms. The molecular formula is C15H21NO2. The number of hydrogen-bond donors (Lipinski definition) is 0. The van der Waals surface area contributed by atoms with Crippen molar-refractivity contribution in [3.8, 4) is 0 Å². The normalized spacial score (nSPS) is 21.7. The van der Waals surface area contributed by atoms with Gasteiger partial charge >= 0.3 is 0 Å². The Hall–Kier alpha value is -1.35. The van der Waals surface area contributed by atoms with Crippen LogP contribution >= 0.6 is 0 Å². The second-order valence-corrected chi connectivity index (χ2v) is 5.17. The predicted molar refractivity (Wildman–Crippen MR) is 71.0 cm³/mol. The van der Waals surface area contributed by atoms with Gasteiger partial charge in [0.25, 0.3) is 0 Å². The summed E-state index contributed by atoms with van der Waals surface area (Å²) in [5.74, 6) is 1.52. The molecule has 1 fully saturated rings. The molecule has 2 unspecified atom stereocenters. The first kappa shape index (κ1) is 13.1. The van der Waals surface area contributed by atoms with Crippen LogP contribution in [0.3, 0.4) is 0 Å². The van der Waals surface area contributed by atoms with Crippen LogP contribution in [0.4, 0.5) is 0 Å². The fraction of sp³-hybridized carbons (Fsp3) is 0.533. The number of ether oxygens (including phenoxy) is 1. The smallest absolute Gasteiger partial charge is 0.248 e. The Morgan fingerprint density at radius 3 is 2.61 bits per heavy atom. The summed E-state index contributed by atoms with van der Waals surface area (Å²) >= 11 is 0. The second kappa shape index (κ2) is 6.01. The topological polar surface area (TPSA) is 29.5 Å². The van der Waals surface area contributed by atoms with Gasteiger partial charge in [-0.1, -0.05) is 37.3 Å². The summed E-state index contributed by atoms with van der Waals surface area (Å²) in [6.07, 6.45) is 1.24. The van der Waals surface area contributed by atoms with E-state index in [-0.39, 0.29) is 12.5 Å². The van der Waals surface area contributed by atoms with Crippen molar-refractivity contribution in [2.24, 2.45) is 11.8 Å². The van der Waals surface area contributed by atoms with Gasteiger partial charge in [-0.3, -0.25) is 4.79 Å².